The first kappa shape index (κ1) is 13.0. The molecule has 5 nitrogen and oxygen atoms in total. The molecule has 5 N–H and O–H groups in total. The largest absolute Gasteiger partial charge is 0.384 e. The molecule has 0 spiro atoms. The first-order valence-electron chi connectivity index (χ1n) is 5.24. The Morgan fingerprint density at radius 3 is 2.82 bits per heavy atom. The molecule has 0 radical (unpaired) electrons. The number of urea groups is 1. The van der Waals surface area contributed by atoms with Crippen LogP contribution in [0, 0.1) is 11.2 Å². The highest BCUT2D eigenvalue weighted by Gasteiger charge is 2.12. The SMILES string of the molecule is CCCNC(=O)Nc1cccc(F)c1C(=N)N. The highest BCUT2D eigenvalue weighted by molar-refractivity contribution is 6.04. The normalized spacial score (nSPS) is 9.76. The molecule has 17 heavy (non-hydrogen) atoms. The van der Waals surface area contributed by atoms with Crippen molar-refractivity contribution in [3.63, 3.8) is 0 Å². The van der Waals surface area contributed by atoms with Crippen LogP contribution in [0.3, 0.4) is 0 Å². The lowest BCUT2D eigenvalue weighted by atomic mass is 10.1. The van der Waals surface area contributed by atoms with Gasteiger partial charge >= 0.3 is 6.03 Å². The van der Waals surface area contributed by atoms with E-state index in [0.717, 1.165) is 6.42 Å². The number of benzene rings is 1. The van der Waals surface area contributed by atoms with Crippen LogP contribution in [0.2, 0.25) is 0 Å². The Hall–Kier alpha value is -2.11. The number of carbonyl (C=O) groups excluding carboxylic acids is 1. The molecule has 1 rings (SSSR count). The van der Waals surface area contributed by atoms with Crippen molar-refractivity contribution in [1.29, 1.82) is 5.41 Å². The number of amidine groups is 1. The van der Waals surface area contributed by atoms with Crippen LogP contribution in [0.1, 0.15) is 18.9 Å². The summed E-state index contributed by atoms with van der Waals surface area (Å²) in [7, 11) is 0. The van der Waals surface area contributed by atoms with Crippen molar-refractivity contribution in [1.82, 2.24) is 5.32 Å². The number of amides is 2. The maximum atomic E-state index is 13.4. The molecular formula is C11H15FN4O. The van der Waals surface area contributed by atoms with Gasteiger partial charge in [-0.05, 0) is 18.6 Å². The van der Waals surface area contributed by atoms with E-state index < -0.39 is 17.7 Å². The van der Waals surface area contributed by atoms with Gasteiger partial charge in [0.1, 0.15) is 11.7 Å². The molecular weight excluding hydrogens is 223 g/mol. The van der Waals surface area contributed by atoms with Crippen LogP contribution in [0.4, 0.5) is 14.9 Å². The van der Waals surface area contributed by atoms with Crippen molar-refractivity contribution in [2.45, 2.75) is 13.3 Å². The lowest BCUT2D eigenvalue weighted by Gasteiger charge is -2.11. The van der Waals surface area contributed by atoms with E-state index in [2.05, 4.69) is 10.6 Å². The van der Waals surface area contributed by atoms with Crippen molar-refractivity contribution in [3.05, 3.63) is 29.6 Å². The number of carbonyl (C=O) groups is 1. The third-order valence-electron chi connectivity index (χ3n) is 2.07. The highest BCUT2D eigenvalue weighted by Crippen LogP contribution is 2.18. The van der Waals surface area contributed by atoms with Gasteiger partial charge < -0.3 is 16.4 Å². The highest BCUT2D eigenvalue weighted by atomic mass is 19.1. The first-order valence-corrected chi connectivity index (χ1v) is 5.24. The molecule has 1 aromatic rings. The maximum Gasteiger partial charge on any atom is 0.319 e. The summed E-state index contributed by atoms with van der Waals surface area (Å²) in [5.74, 6) is -1.06. The van der Waals surface area contributed by atoms with Crippen LogP contribution in [0.15, 0.2) is 18.2 Å². The van der Waals surface area contributed by atoms with E-state index in [1.165, 1.54) is 18.2 Å². The number of rotatable bonds is 4. The summed E-state index contributed by atoms with van der Waals surface area (Å²) in [5.41, 5.74) is 5.35. The number of nitrogens with two attached hydrogens (primary N) is 1. The summed E-state index contributed by atoms with van der Waals surface area (Å²) in [6.45, 7) is 2.44. The van der Waals surface area contributed by atoms with Crippen LogP contribution in [-0.2, 0) is 0 Å². The van der Waals surface area contributed by atoms with Gasteiger partial charge in [-0.1, -0.05) is 13.0 Å². The third kappa shape index (κ3) is 3.44. The fourth-order valence-electron chi connectivity index (χ4n) is 1.31. The Kier molecular flexibility index (Phi) is 4.45. The molecule has 0 fully saturated rings. The fourth-order valence-corrected chi connectivity index (χ4v) is 1.31. The second-order valence-electron chi connectivity index (χ2n) is 3.46. The fraction of sp³-hybridized carbons (Fsp3) is 0.273. The van der Waals surface area contributed by atoms with E-state index in [1.54, 1.807) is 0 Å². The molecule has 0 atom stereocenters. The van der Waals surface area contributed by atoms with Gasteiger partial charge in [0.05, 0.1) is 11.3 Å². The number of nitrogens with one attached hydrogen (secondary N) is 3. The van der Waals surface area contributed by atoms with Gasteiger partial charge in [-0.3, -0.25) is 5.41 Å². The van der Waals surface area contributed by atoms with Crippen LogP contribution in [0.25, 0.3) is 0 Å². The monoisotopic (exact) mass is 238 g/mol. The Morgan fingerprint density at radius 2 is 2.24 bits per heavy atom. The minimum absolute atomic E-state index is 0.0980. The minimum Gasteiger partial charge on any atom is -0.384 e. The predicted octanol–water partition coefficient (Wildman–Crippen LogP) is 1.64. The van der Waals surface area contributed by atoms with E-state index in [9.17, 15) is 9.18 Å². The van der Waals surface area contributed by atoms with Crippen molar-refractivity contribution in [2.75, 3.05) is 11.9 Å². The van der Waals surface area contributed by atoms with Gasteiger partial charge in [0.2, 0.25) is 0 Å². The Balaban J connectivity index is 2.87. The molecule has 1 aromatic carbocycles. The van der Waals surface area contributed by atoms with Crippen molar-refractivity contribution in [3.8, 4) is 0 Å². The maximum absolute atomic E-state index is 13.4. The summed E-state index contributed by atoms with van der Waals surface area (Å²) >= 11 is 0. The van der Waals surface area contributed by atoms with Crippen molar-refractivity contribution < 1.29 is 9.18 Å². The molecule has 0 aliphatic rings. The summed E-state index contributed by atoms with van der Waals surface area (Å²) in [6, 6.07) is 3.67. The van der Waals surface area contributed by atoms with Crippen LogP contribution < -0.4 is 16.4 Å². The molecule has 0 bridgehead atoms. The summed E-state index contributed by atoms with van der Waals surface area (Å²) in [6.07, 6.45) is 0.802. The molecule has 92 valence electrons. The lowest BCUT2D eigenvalue weighted by Crippen LogP contribution is -2.30. The van der Waals surface area contributed by atoms with E-state index in [4.69, 9.17) is 11.1 Å². The van der Waals surface area contributed by atoms with Gasteiger partial charge in [0.25, 0.3) is 0 Å². The molecule has 0 saturated heterocycles. The lowest BCUT2D eigenvalue weighted by molar-refractivity contribution is 0.252. The molecule has 0 aliphatic heterocycles. The topological polar surface area (TPSA) is 91.0 Å². The quantitative estimate of drug-likeness (QED) is 0.474. The second-order valence-corrected chi connectivity index (χ2v) is 3.46. The number of anilines is 1. The van der Waals surface area contributed by atoms with Gasteiger partial charge in [0.15, 0.2) is 0 Å². The Labute approximate surface area is 98.7 Å². The van der Waals surface area contributed by atoms with E-state index in [0.29, 0.717) is 6.54 Å². The third-order valence-corrected chi connectivity index (χ3v) is 2.07. The molecule has 0 aromatic heterocycles. The summed E-state index contributed by atoms with van der Waals surface area (Å²) in [4.78, 5) is 11.4. The molecule has 2 amide bonds. The number of nitrogen functional groups attached to an aromatic ring is 1. The number of hydrogen-bond acceptors (Lipinski definition) is 2. The smallest absolute Gasteiger partial charge is 0.319 e. The van der Waals surface area contributed by atoms with Crippen LogP contribution >= 0.6 is 0 Å². The zero-order valence-corrected chi connectivity index (χ0v) is 9.51. The van der Waals surface area contributed by atoms with Gasteiger partial charge in [-0.2, -0.15) is 0 Å². The second kappa shape index (κ2) is 5.83. The van der Waals surface area contributed by atoms with E-state index >= 15 is 0 Å². The van der Waals surface area contributed by atoms with Gasteiger partial charge in [-0.15, -0.1) is 0 Å². The molecule has 0 heterocycles. The zero-order chi connectivity index (χ0) is 12.8. The summed E-state index contributed by atoms with van der Waals surface area (Å²) in [5, 5.41) is 12.3. The molecule has 0 aliphatic carbocycles. The first-order chi connectivity index (χ1) is 8.06. The van der Waals surface area contributed by atoms with Crippen molar-refractivity contribution in [2.24, 2.45) is 5.73 Å². The molecule has 6 heteroatoms. The average Bonchev–Trinajstić information content (AvgIpc) is 2.25. The number of halogens is 1. The Bertz CT molecular complexity index is 433. The minimum atomic E-state index is -0.634. The molecule has 0 saturated carbocycles. The zero-order valence-electron chi connectivity index (χ0n) is 9.51. The predicted molar refractivity (Wildman–Crippen MR) is 64.7 cm³/mol. The van der Waals surface area contributed by atoms with E-state index in [-0.39, 0.29) is 11.3 Å². The van der Waals surface area contributed by atoms with Gasteiger partial charge in [0, 0.05) is 6.54 Å². The van der Waals surface area contributed by atoms with Crippen LogP contribution in [0.5, 0.6) is 0 Å². The Morgan fingerprint density at radius 1 is 1.53 bits per heavy atom. The van der Waals surface area contributed by atoms with Crippen molar-refractivity contribution >= 4 is 17.6 Å². The van der Waals surface area contributed by atoms with Crippen LogP contribution in [-0.4, -0.2) is 18.4 Å². The molecule has 0 unspecified atom stereocenters. The van der Waals surface area contributed by atoms with E-state index in [1.807, 2.05) is 6.92 Å². The summed E-state index contributed by atoms with van der Waals surface area (Å²) < 4.78 is 13.4. The average molecular weight is 238 g/mol. The standard InChI is InChI=1S/C11H15FN4O/c1-2-6-15-11(17)16-8-5-3-4-7(12)9(8)10(13)14/h3-5H,2,6H2,1H3,(H3,13,14)(H2,15,16,17). The van der Waals surface area contributed by atoms with Gasteiger partial charge in [-0.25, -0.2) is 9.18 Å². The number of hydrogen-bond donors (Lipinski definition) is 4.